The van der Waals surface area contributed by atoms with Gasteiger partial charge in [-0.25, -0.2) is 0 Å². The van der Waals surface area contributed by atoms with E-state index in [1.807, 2.05) is 0 Å². The molecule has 0 saturated carbocycles. The summed E-state index contributed by atoms with van der Waals surface area (Å²) in [6.07, 6.45) is 1.38. The molecule has 1 rings (SSSR count). The molecule has 3 amide bonds. The molecule has 1 aliphatic rings. The van der Waals surface area contributed by atoms with E-state index in [9.17, 15) is 14.4 Å². The van der Waals surface area contributed by atoms with Gasteiger partial charge in [0.1, 0.15) is 11.8 Å². The third-order valence-corrected chi connectivity index (χ3v) is 5.45. The molecule has 30 heavy (non-hydrogen) atoms. The van der Waals surface area contributed by atoms with E-state index in [2.05, 4.69) is 5.32 Å². The Morgan fingerprint density at radius 2 is 1.63 bits per heavy atom. The number of imide groups is 1. The van der Waals surface area contributed by atoms with E-state index in [1.54, 1.807) is 20.8 Å². The van der Waals surface area contributed by atoms with E-state index in [1.165, 1.54) is 13.2 Å². The number of carbonyl (C=O) groups is 3. The quantitative estimate of drug-likeness (QED) is 0.453. The first-order valence-corrected chi connectivity index (χ1v) is 11.3. The molecule has 1 aliphatic heterocycles. The molecule has 6 nitrogen and oxygen atoms in total. The minimum Gasteiger partial charge on any atom is -0.499 e. The number of methoxy groups -OCH3 is 1. The summed E-state index contributed by atoms with van der Waals surface area (Å²) in [5, 5.41) is 2.65. The maximum absolute atomic E-state index is 13.3. The van der Waals surface area contributed by atoms with E-state index in [-0.39, 0.29) is 31.4 Å². The van der Waals surface area contributed by atoms with Gasteiger partial charge in [-0.2, -0.15) is 0 Å². The van der Waals surface area contributed by atoms with Crippen LogP contribution in [0.15, 0.2) is 11.8 Å². The summed E-state index contributed by atoms with van der Waals surface area (Å²) >= 11 is 35.0. The second kappa shape index (κ2) is 10.7. The van der Waals surface area contributed by atoms with Gasteiger partial charge in [0.2, 0.25) is 5.91 Å². The maximum Gasteiger partial charge on any atom is 0.257 e. The minimum atomic E-state index is -1.63. The fourth-order valence-corrected chi connectivity index (χ4v) is 3.36. The second-order valence-electron chi connectivity index (χ2n) is 7.90. The molecule has 172 valence electrons. The predicted octanol–water partition coefficient (Wildman–Crippen LogP) is 5.09. The van der Waals surface area contributed by atoms with Gasteiger partial charge in [-0.3, -0.25) is 19.3 Å². The zero-order chi connectivity index (χ0) is 23.5. The highest BCUT2D eigenvalue weighted by Gasteiger charge is 2.43. The third-order valence-electron chi connectivity index (χ3n) is 4.32. The summed E-state index contributed by atoms with van der Waals surface area (Å²) in [6.45, 7) is 5.07. The van der Waals surface area contributed by atoms with Gasteiger partial charge < -0.3 is 10.1 Å². The highest BCUT2D eigenvalue weighted by Crippen LogP contribution is 2.36. The highest BCUT2D eigenvalue weighted by atomic mass is 35.6. The normalized spacial score (nSPS) is 18.9. The number of nitrogens with one attached hydrogen (secondary N) is 1. The summed E-state index contributed by atoms with van der Waals surface area (Å²) < 4.78 is 2.03. The molecular formula is C18H24Cl6N2O4. The predicted molar refractivity (Wildman–Crippen MR) is 121 cm³/mol. The van der Waals surface area contributed by atoms with Crippen molar-refractivity contribution in [2.45, 2.75) is 66.1 Å². The zero-order valence-corrected chi connectivity index (χ0v) is 21.4. The molecule has 2 unspecified atom stereocenters. The van der Waals surface area contributed by atoms with Crippen molar-refractivity contribution in [3.8, 4) is 0 Å². The molecular weight excluding hydrogens is 521 g/mol. The van der Waals surface area contributed by atoms with Crippen molar-refractivity contribution >= 4 is 87.3 Å². The van der Waals surface area contributed by atoms with E-state index in [0.29, 0.717) is 0 Å². The van der Waals surface area contributed by atoms with Gasteiger partial charge in [-0.15, -0.1) is 0 Å². The van der Waals surface area contributed by atoms with Crippen molar-refractivity contribution in [3.63, 3.8) is 0 Å². The molecule has 0 aromatic heterocycles. The molecule has 0 saturated heterocycles. The Balaban J connectivity index is 3.16. The summed E-state index contributed by atoms with van der Waals surface area (Å²) in [5.74, 6) is -1.40. The Hall–Kier alpha value is -0.110. The molecule has 1 N–H and O–H groups in total. The molecule has 2 atom stereocenters. The Morgan fingerprint density at radius 3 is 2.07 bits per heavy atom. The summed E-state index contributed by atoms with van der Waals surface area (Å²) in [4.78, 5) is 39.4. The van der Waals surface area contributed by atoms with Gasteiger partial charge in [0.15, 0.2) is 7.59 Å². The fourth-order valence-electron chi connectivity index (χ4n) is 2.71. The van der Waals surface area contributed by atoms with Crippen LogP contribution in [0.3, 0.4) is 0 Å². The molecule has 12 heteroatoms. The number of halogens is 6. The Labute approximate surface area is 206 Å². The zero-order valence-electron chi connectivity index (χ0n) is 16.9. The van der Waals surface area contributed by atoms with Gasteiger partial charge in [0.05, 0.1) is 13.2 Å². The van der Waals surface area contributed by atoms with E-state index < -0.39 is 42.8 Å². The van der Waals surface area contributed by atoms with Crippen LogP contribution in [0.4, 0.5) is 0 Å². The van der Waals surface area contributed by atoms with Crippen molar-refractivity contribution < 1.29 is 19.1 Å². The van der Waals surface area contributed by atoms with Gasteiger partial charge in [-0.05, 0) is 25.7 Å². The number of rotatable bonds is 7. The monoisotopic (exact) mass is 542 g/mol. The van der Waals surface area contributed by atoms with Crippen molar-refractivity contribution in [2.24, 2.45) is 5.41 Å². The molecule has 1 heterocycles. The lowest BCUT2D eigenvalue weighted by Crippen LogP contribution is -2.54. The van der Waals surface area contributed by atoms with E-state index in [0.717, 1.165) is 4.90 Å². The standard InChI is InChI=1S/C18H24Cl6N2O4/c1-16(2,3)15(29)25-10(5-7-17(19,20)21)14(28)26-11(6-8-18(22,23)24)12(30-4)9-13(26)27/h9-11H,5-8H2,1-4H3,(H,25,29). The van der Waals surface area contributed by atoms with Gasteiger partial charge in [0, 0.05) is 11.5 Å². The van der Waals surface area contributed by atoms with Crippen molar-refractivity contribution in [1.82, 2.24) is 10.2 Å². The molecule has 0 bridgehead atoms. The first kappa shape index (κ1) is 27.9. The number of ether oxygens (including phenoxy) is 1. The SMILES string of the molecule is COC1=CC(=O)N(C(=O)C(CCC(Cl)(Cl)Cl)NC(=O)C(C)(C)C)C1CCC(Cl)(Cl)Cl. The van der Waals surface area contributed by atoms with Crippen LogP contribution < -0.4 is 5.32 Å². The van der Waals surface area contributed by atoms with Crippen LogP contribution in [-0.4, -0.2) is 49.4 Å². The lowest BCUT2D eigenvalue weighted by atomic mass is 9.94. The van der Waals surface area contributed by atoms with Crippen LogP contribution >= 0.6 is 69.6 Å². The Morgan fingerprint density at radius 1 is 1.10 bits per heavy atom. The smallest absolute Gasteiger partial charge is 0.257 e. The summed E-state index contributed by atoms with van der Waals surface area (Å²) in [6, 6.07) is -1.89. The third kappa shape index (κ3) is 8.79. The molecule has 0 radical (unpaired) electrons. The number of alkyl halides is 6. The van der Waals surface area contributed by atoms with Gasteiger partial charge >= 0.3 is 0 Å². The summed E-state index contributed by atoms with van der Waals surface area (Å²) in [5.41, 5.74) is -0.779. The van der Waals surface area contributed by atoms with Gasteiger partial charge in [-0.1, -0.05) is 90.4 Å². The molecule has 0 fully saturated rings. The first-order chi connectivity index (χ1) is 13.5. The topological polar surface area (TPSA) is 75.7 Å². The van der Waals surface area contributed by atoms with E-state index in [4.69, 9.17) is 74.3 Å². The summed E-state index contributed by atoms with van der Waals surface area (Å²) in [7, 11) is 1.37. The van der Waals surface area contributed by atoms with Gasteiger partial charge in [0.25, 0.3) is 11.8 Å². The van der Waals surface area contributed by atoms with Crippen LogP contribution in [0.5, 0.6) is 0 Å². The van der Waals surface area contributed by atoms with Crippen LogP contribution in [0.2, 0.25) is 0 Å². The fraction of sp³-hybridized carbons (Fsp3) is 0.722. The van der Waals surface area contributed by atoms with Crippen LogP contribution in [0.25, 0.3) is 0 Å². The Kier molecular flexibility index (Phi) is 9.93. The molecule has 0 aliphatic carbocycles. The van der Waals surface area contributed by atoms with Crippen molar-refractivity contribution in [2.75, 3.05) is 7.11 Å². The minimum absolute atomic E-state index is 0.000421. The van der Waals surface area contributed by atoms with Crippen LogP contribution in [-0.2, 0) is 19.1 Å². The average Bonchev–Trinajstić information content (AvgIpc) is 2.89. The van der Waals surface area contributed by atoms with Crippen LogP contribution in [0, 0.1) is 5.41 Å². The second-order valence-corrected chi connectivity index (χ2v) is 12.9. The largest absolute Gasteiger partial charge is 0.499 e. The molecule has 0 spiro atoms. The molecule has 0 aromatic carbocycles. The average molecular weight is 545 g/mol. The number of nitrogens with zero attached hydrogens (tertiary/aromatic N) is 1. The molecule has 0 aromatic rings. The van der Waals surface area contributed by atoms with Crippen LogP contribution in [0.1, 0.15) is 46.5 Å². The first-order valence-electron chi connectivity index (χ1n) is 9.03. The Bertz CT molecular complexity index is 694. The number of carbonyl (C=O) groups excluding carboxylic acids is 3. The number of amides is 3. The van der Waals surface area contributed by atoms with Crippen molar-refractivity contribution in [1.29, 1.82) is 0 Å². The number of hydrogen-bond acceptors (Lipinski definition) is 4. The lowest BCUT2D eigenvalue weighted by molar-refractivity contribution is -0.147. The van der Waals surface area contributed by atoms with Crippen molar-refractivity contribution in [3.05, 3.63) is 11.8 Å². The lowest BCUT2D eigenvalue weighted by Gasteiger charge is -2.31. The maximum atomic E-state index is 13.3. The van der Waals surface area contributed by atoms with E-state index >= 15 is 0 Å². The highest BCUT2D eigenvalue weighted by molar-refractivity contribution is 6.67. The number of hydrogen-bond donors (Lipinski definition) is 1.